The van der Waals surface area contributed by atoms with E-state index in [0.717, 1.165) is 12.0 Å². The highest BCUT2D eigenvalue weighted by Gasteiger charge is 2.18. The van der Waals surface area contributed by atoms with E-state index >= 15 is 0 Å². The third-order valence-corrected chi connectivity index (χ3v) is 4.47. The van der Waals surface area contributed by atoms with Gasteiger partial charge in [0.15, 0.2) is 5.96 Å². The monoisotopic (exact) mass is 399 g/mol. The molecule has 0 bridgehead atoms. The zero-order valence-corrected chi connectivity index (χ0v) is 16.6. The lowest BCUT2D eigenvalue weighted by atomic mass is 10.1. The zero-order valence-electron chi connectivity index (χ0n) is 16.6. The number of carbonyl (C=O) groups excluding carboxylic acids is 1. The fraction of sp³-hybridized carbons (Fsp3) is 0.0833. The molecule has 2 aromatic carbocycles. The lowest BCUT2D eigenvalue weighted by molar-refractivity contribution is 0.0955. The number of guanidine groups is 1. The molecule has 0 unspecified atom stereocenters. The van der Waals surface area contributed by atoms with E-state index in [2.05, 4.69) is 21.9 Å². The van der Waals surface area contributed by atoms with Gasteiger partial charge < -0.3 is 21.8 Å². The predicted molar refractivity (Wildman–Crippen MR) is 123 cm³/mol. The molecule has 0 aliphatic carbocycles. The van der Waals surface area contributed by atoms with E-state index in [1.165, 1.54) is 5.56 Å². The number of aliphatic imine (C=N–C) groups is 1. The van der Waals surface area contributed by atoms with Crippen LogP contribution in [0.3, 0.4) is 0 Å². The second-order valence-corrected chi connectivity index (χ2v) is 6.65. The molecule has 0 fully saturated rings. The maximum absolute atomic E-state index is 13.0. The predicted octanol–water partition coefficient (Wildman–Crippen LogP) is 3.45. The minimum atomic E-state index is -0.171. The number of amides is 1. The van der Waals surface area contributed by atoms with Gasteiger partial charge >= 0.3 is 0 Å². The van der Waals surface area contributed by atoms with Gasteiger partial charge in [0.05, 0.1) is 22.6 Å². The van der Waals surface area contributed by atoms with Gasteiger partial charge in [-0.3, -0.25) is 4.79 Å². The molecule has 1 aromatic heterocycles. The minimum absolute atomic E-state index is 0.0761. The number of carbonyl (C=O) groups is 1. The number of nitrogens with one attached hydrogen (secondary N) is 2. The second kappa shape index (κ2) is 9.93. The van der Waals surface area contributed by atoms with E-state index in [1.807, 2.05) is 60.7 Å². The maximum Gasteiger partial charge on any atom is 0.253 e. The summed E-state index contributed by atoms with van der Waals surface area (Å²) in [5.41, 5.74) is 15.5. The van der Waals surface area contributed by atoms with Crippen molar-refractivity contribution in [1.29, 1.82) is 0 Å². The summed E-state index contributed by atoms with van der Waals surface area (Å²) in [6.07, 6.45) is 4.02. The van der Waals surface area contributed by atoms with Crippen molar-refractivity contribution in [3.8, 4) is 11.3 Å². The average Bonchev–Trinajstić information content (AvgIpc) is 3.20. The Hall–Kier alpha value is -4.06. The minimum Gasteiger partial charge on any atom is -0.370 e. The molecular formula is C24H25N5O. The third-order valence-electron chi connectivity index (χ3n) is 4.47. The summed E-state index contributed by atoms with van der Waals surface area (Å²) in [4.78, 5) is 20.4. The van der Waals surface area contributed by atoms with E-state index in [4.69, 9.17) is 11.5 Å². The number of hydrogen-bond acceptors (Lipinski definition) is 2. The van der Waals surface area contributed by atoms with Crippen LogP contribution in [0.4, 0.5) is 0 Å². The van der Waals surface area contributed by atoms with Crippen molar-refractivity contribution >= 4 is 17.6 Å². The quantitative estimate of drug-likeness (QED) is 0.264. The van der Waals surface area contributed by atoms with Crippen LogP contribution in [-0.2, 0) is 6.42 Å². The van der Waals surface area contributed by atoms with Crippen molar-refractivity contribution in [1.82, 2.24) is 10.3 Å². The van der Waals surface area contributed by atoms with Crippen LogP contribution in [-0.4, -0.2) is 23.4 Å². The summed E-state index contributed by atoms with van der Waals surface area (Å²) < 4.78 is 0. The van der Waals surface area contributed by atoms with Crippen molar-refractivity contribution < 1.29 is 4.79 Å². The van der Waals surface area contributed by atoms with Crippen molar-refractivity contribution in [2.45, 2.75) is 6.42 Å². The van der Waals surface area contributed by atoms with Crippen LogP contribution in [0.25, 0.3) is 17.0 Å². The van der Waals surface area contributed by atoms with Crippen LogP contribution in [0.15, 0.2) is 90.5 Å². The van der Waals surface area contributed by atoms with Crippen molar-refractivity contribution in [3.05, 3.63) is 102 Å². The van der Waals surface area contributed by atoms with Gasteiger partial charge in [-0.25, -0.2) is 4.99 Å². The van der Waals surface area contributed by atoms with Gasteiger partial charge in [-0.2, -0.15) is 0 Å². The molecule has 30 heavy (non-hydrogen) atoms. The lowest BCUT2D eigenvalue weighted by Gasteiger charge is -2.07. The molecule has 0 saturated carbocycles. The van der Waals surface area contributed by atoms with Crippen LogP contribution in [0.5, 0.6) is 0 Å². The number of aromatic amines is 1. The van der Waals surface area contributed by atoms with Crippen LogP contribution in [0, 0.1) is 0 Å². The molecule has 6 N–H and O–H groups in total. The van der Waals surface area contributed by atoms with E-state index in [1.54, 1.807) is 18.2 Å². The van der Waals surface area contributed by atoms with Gasteiger partial charge in [-0.15, -0.1) is 0 Å². The summed E-state index contributed by atoms with van der Waals surface area (Å²) in [6, 6.07) is 21.4. The standard InChI is InChI=1S/C24H25N5O/c1-2-9-20(29-24(25)26)21-16-19(22(28-21)18-12-7-4-8-13-18)23(30)27-15-14-17-10-5-3-6-11-17/h2-13,16,28H,1,14-15H2,(H,27,30)(H4,25,26,29)/b20-9-. The van der Waals surface area contributed by atoms with Gasteiger partial charge in [0.25, 0.3) is 5.91 Å². The van der Waals surface area contributed by atoms with Gasteiger partial charge in [-0.05, 0) is 29.7 Å². The summed E-state index contributed by atoms with van der Waals surface area (Å²) in [7, 11) is 0. The Morgan fingerprint density at radius 1 is 1.07 bits per heavy atom. The molecule has 0 aliphatic rings. The summed E-state index contributed by atoms with van der Waals surface area (Å²) >= 11 is 0. The van der Waals surface area contributed by atoms with Crippen molar-refractivity contribution in [2.75, 3.05) is 6.54 Å². The third kappa shape index (κ3) is 5.26. The number of H-pyrrole nitrogens is 1. The number of hydrogen-bond donors (Lipinski definition) is 4. The van der Waals surface area contributed by atoms with Gasteiger partial charge in [-0.1, -0.05) is 73.3 Å². The van der Waals surface area contributed by atoms with Crippen molar-refractivity contribution in [3.63, 3.8) is 0 Å². The Morgan fingerprint density at radius 2 is 1.73 bits per heavy atom. The van der Waals surface area contributed by atoms with E-state index in [-0.39, 0.29) is 11.9 Å². The van der Waals surface area contributed by atoms with Crippen LogP contribution >= 0.6 is 0 Å². The molecule has 0 saturated heterocycles. The molecule has 0 radical (unpaired) electrons. The number of benzene rings is 2. The largest absolute Gasteiger partial charge is 0.370 e. The Labute approximate surface area is 176 Å². The molecular weight excluding hydrogens is 374 g/mol. The Morgan fingerprint density at radius 3 is 2.37 bits per heavy atom. The molecule has 6 heteroatoms. The molecule has 0 spiro atoms. The van der Waals surface area contributed by atoms with Crippen LogP contribution < -0.4 is 16.8 Å². The second-order valence-electron chi connectivity index (χ2n) is 6.65. The highest BCUT2D eigenvalue weighted by Crippen LogP contribution is 2.27. The normalized spacial score (nSPS) is 11.0. The van der Waals surface area contributed by atoms with Crippen LogP contribution in [0.2, 0.25) is 0 Å². The molecule has 0 aliphatic heterocycles. The maximum atomic E-state index is 13.0. The number of nitrogens with two attached hydrogens (primary N) is 2. The molecule has 152 valence electrons. The number of allylic oxidation sites excluding steroid dienone is 2. The Balaban J connectivity index is 1.90. The lowest BCUT2D eigenvalue weighted by Crippen LogP contribution is -2.25. The highest BCUT2D eigenvalue weighted by atomic mass is 16.1. The molecule has 6 nitrogen and oxygen atoms in total. The first kappa shape index (κ1) is 20.7. The first-order valence-electron chi connectivity index (χ1n) is 9.61. The molecule has 3 rings (SSSR count). The zero-order chi connectivity index (χ0) is 21.3. The Kier molecular flexibility index (Phi) is 6.84. The fourth-order valence-corrected chi connectivity index (χ4v) is 3.10. The highest BCUT2D eigenvalue weighted by molar-refractivity contribution is 6.01. The Bertz CT molecular complexity index is 1060. The van der Waals surface area contributed by atoms with E-state index < -0.39 is 0 Å². The molecule has 1 heterocycles. The van der Waals surface area contributed by atoms with Gasteiger partial charge in [0.2, 0.25) is 0 Å². The first-order valence-corrected chi connectivity index (χ1v) is 9.61. The summed E-state index contributed by atoms with van der Waals surface area (Å²) in [6.45, 7) is 4.23. The fourth-order valence-electron chi connectivity index (χ4n) is 3.10. The summed E-state index contributed by atoms with van der Waals surface area (Å²) in [5.74, 6) is -0.247. The van der Waals surface area contributed by atoms with E-state index in [0.29, 0.717) is 29.2 Å². The average molecular weight is 399 g/mol. The van der Waals surface area contributed by atoms with Crippen LogP contribution in [0.1, 0.15) is 21.6 Å². The molecule has 3 aromatic rings. The topological polar surface area (TPSA) is 109 Å². The number of rotatable bonds is 8. The summed E-state index contributed by atoms with van der Waals surface area (Å²) in [5, 5.41) is 3.00. The van der Waals surface area contributed by atoms with Gasteiger partial charge in [0.1, 0.15) is 0 Å². The van der Waals surface area contributed by atoms with E-state index in [9.17, 15) is 4.79 Å². The number of nitrogens with zero attached hydrogens (tertiary/aromatic N) is 1. The molecule has 0 atom stereocenters. The number of aromatic nitrogens is 1. The SMILES string of the molecule is C=C/C=C(\N=C(N)N)c1cc(C(=O)NCCc2ccccc2)c(-c2ccccc2)[nH]1. The smallest absolute Gasteiger partial charge is 0.253 e. The van der Waals surface area contributed by atoms with Crippen molar-refractivity contribution in [2.24, 2.45) is 16.5 Å². The molecule has 1 amide bonds. The first-order chi connectivity index (χ1) is 14.6. The van der Waals surface area contributed by atoms with Gasteiger partial charge in [0, 0.05) is 6.54 Å².